The number of rotatable bonds is 6. The van der Waals surface area contributed by atoms with Crippen LogP contribution in [0.15, 0.2) is 18.2 Å². The number of benzene rings is 1. The Balaban J connectivity index is 2.02. The number of sulfone groups is 1. The van der Waals surface area contributed by atoms with E-state index in [1.54, 1.807) is 30.1 Å². The fourth-order valence-electron chi connectivity index (χ4n) is 2.76. The minimum Gasteiger partial charge on any atom is -0.495 e. The first-order valence-electron chi connectivity index (χ1n) is 7.86. The number of methoxy groups -OCH3 is 1. The molecule has 0 spiro atoms. The maximum atomic E-state index is 12.3. The van der Waals surface area contributed by atoms with Crippen molar-refractivity contribution in [2.45, 2.75) is 19.4 Å². The third kappa shape index (κ3) is 5.43. The quantitative estimate of drug-likeness (QED) is 0.765. The molecule has 8 nitrogen and oxygen atoms in total. The number of hydrogen-bond donors (Lipinski definition) is 2. The second-order valence-corrected chi connectivity index (χ2v) is 8.35. The zero-order chi connectivity index (χ0) is 18.6. The Morgan fingerprint density at radius 3 is 2.60 bits per heavy atom. The largest absolute Gasteiger partial charge is 0.495 e. The van der Waals surface area contributed by atoms with Crippen molar-refractivity contribution in [2.24, 2.45) is 0 Å². The average molecular weight is 369 g/mol. The van der Waals surface area contributed by atoms with Crippen LogP contribution in [0, 0.1) is 0 Å². The van der Waals surface area contributed by atoms with Gasteiger partial charge in [0.15, 0.2) is 9.84 Å². The highest BCUT2D eigenvalue weighted by atomic mass is 32.2. The molecule has 0 aromatic heterocycles. The van der Waals surface area contributed by atoms with E-state index in [2.05, 4.69) is 10.6 Å². The second-order valence-electron chi connectivity index (χ2n) is 6.12. The average Bonchev–Trinajstić information content (AvgIpc) is 2.87. The maximum absolute atomic E-state index is 12.3. The van der Waals surface area contributed by atoms with Gasteiger partial charge in [0, 0.05) is 18.7 Å². The lowest BCUT2D eigenvalue weighted by atomic mass is 10.2. The summed E-state index contributed by atoms with van der Waals surface area (Å²) in [5, 5.41) is 5.39. The van der Waals surface area contributed by atoms with Gasteiger partial charge in [-0.15, -0.1) is 0 Å². The number of nitrogens with one attached hydrogen (secondary N) is 2. The van der Waals surface area contributed by atoms with Gasteiger partial charge in [0.2, 0.25) is 11.8 Å². The molecule has 2 rings (SSSR count). The van der Waals surface area contributed by atoms with Crippen LogP contribution in [0.1, 0.15) is 13.3 Å². The van der Waals surface area contributed by atoms with E-state index in [0.717, 1.165) is 0 Å². The van der Waals surface area contributed by atoms with Gasteiger partial charge in [-0.25, -0.2) is 8.42 Å². The number of anilines is 2. The minimum atomic E-state index is -3.00. The highest BCUT2D eigenvalue weighted by molar-refractivity contribution is 7.91. The molecule has 1 heterocycles. The van der Waals surface area contributed by atoms with Gasteiger partial charge in [0.1, 0.15) is 5.75 Å². The Morgan fingerprint density at radius 2 is 2.04 bits per heavy atom. The van der Waals surface area contributed by atoms with Gasteiger partial charge in [-0.1, -0.05) is 0 Å². The lowest BCUT2D eigenvalue weighted by Gasteiger charge is -2.22. The molecule has 138 valence electrons. The molecule has 0 unspecified atom stereocenters. The van der Waals surface area contributed by atoms with Crippen LogP contribution in [0.4, 0.5) is 11.4 Å². The third-order valence-electron chi connectivity index (χ3n) is 4.02. The molecular formula is C16H23N3O5S. The van der Waals surface area contributed by atoms with Crippen LogP contribution >= 0.6 is 0 Å². The van der Waals surface area contributed by atoms with Crippen LogP contribution in [0.5, 0.6) is 5.75 Å². The van der Waals surface area contributed by atoms with Crippen molar-refractivity contribution in [3.05, 3.63) is 18.2 Å². The van der Waals surface area contributed by atoms with Crippen molar-refractivity contribution in [3.8, 4) is 5.75 Å². The van der Waals surface area contributed by atoms with E-state index in [1.165, 1.54) is 14.0 Å². The highest BCUT2D eigenvalue weighted by Gasteiger charge is 2.31. The normalized spacial score (nSPS) is 18.8. The molecule has 1 aliphatic heterocycles. The molecule has 0 saturated carbocycles. The summed E-state index contributed by atoms with van der Waals surface area (Å²) in [5.41, 5.74) is 0.977. The molecule has 9 heteroatoms. The van der Waals surface area contributed by atoms with E-state index in [-0.39, 0.29) is 35.9 Å². The van der Waals surface area contributed by atoms with E-state index >= 15 is 0 Å². The summed E-state index contributed by atoms with van der Waals surface area (Å²) < 4.78 is 28.3. The molecular weight excluding hydrogens is 346 g/mol. The Kier molecular flexibility index (Phi) is 6.02. The number of nitrogens with zero attached hydrogens (tertiary/aromatic N) is 1. The summed E-state index contributed by atoms with van der Waals surface area (Å²) in [6, 6.07) is 4.78. The fraction of sp³-hybridized carbons (Fsp3) is 0.500. The zero-order valence-electron chi connectivity index (χ0n) is 14.5. The molecule has 1 aromatic rings. The monoisotopic (exact) mass is 369 g/mol. The highest BCUT2D eigenvalue weighted by Crippen LogP contribution is 2.28. The predicted molar refractivity (Wildman–Crippen MR) is 95.6 cm³/mol. The second kappa shape index (κ2) is 7.83. The van der Waals surface area contributed by atoms with Crippen molar-refractivity contribution in [1.29, 1.82) is 0 Å². The molecule has 0 radical (unpaired) electrons. The van der Waals surface area contributed by atoms with Crippen molar-refractivity contribution in [3.63, 3.8) is 0 Å². The number of hydrogen-bond acceptors (Lipinski definition) is 6. The van der Waals surface area contributed by atoms with Crippen LogP contribution < -0.4 is 15.4 Å². The Labute approximate surface area is 147 Å². The van der Waals surface area contributed by atoms with Gasteiger partial charge < -0.3 is 15.4 Å². The molecule has 0 aliphatic carbocycles. The molecule has 1 aromatic carbocycles. The SMILES string of the molecule is COc1ccc(NC(C)=O)cc1NC(=O)CN(C)[C@H]1CCS(=O)(=O)C1. The number of likely N-dealkylation sites (N-methyl/N-ethyl adjacent to an activating group) is 1. The summed E-state index contributed by atoms with van der Waals surface area (Å²) >= 11 is 0. The van der Waals surface area contributed by atoms with Crippen molar-refractivity contribution in [2.75, 3.05) is 42.8 Å². The number of carbonyl (C=O) groups is 2. The summed E-state index contributed by atoms with van der Waals surface area (Å²) in [7, 11) is 0.220. The summed E-state index contributed by atoms with van der Waals surface area (Å²) in [6.45, 7) is 1.46. The number of carbonyl (C=O) groups excluding carboxylic acids is 2. The molecule has 2 N–H and O–H groups in total. The topological polar surface area (TPSA) is 105 Å². The first-order valence-corrected chi connectivity index (χ1v) is 9.68. The van der Waals surface area contributed by atoms with E-state index in [4.69, 9.17) is 4.74 Å². The van der Waals surface area contributed by atoms with Gasteiger partial charge in [-0.05, 0) is 31.7 Å². The molecule has 2 amide bonds. The number of ether oxygens (including phenoxy) is 1. The lowest BCUT2D eigenvalue weighted by Crippen LogP contribution is -2.38. The predicted octanol–water partition coefficient (Wildman–Crippen LogP) is 0.711. The van der Waals surface area contributed by atoms with E-state index in [0.29, 0.717) is 23.5 Å². The van der Waals surface area contributed by atoms with Gasteiger partial charge in [0.05, 0.1) is 30.8 Å². The Hall–Kier alpha value is -2.13. The molecule has 0 bridgehead atoms. The molecule has 25 heavy (non-hydrogen) atoms. The van der Waals surface area contributed by atoms with Crippen LogP contribution in [0.25, 0.3) is 0 Å². The van der Waals surface area contributed by atoms with E-state index in [9.17, 15) is 18.0 Å². The third-order valence-corrected chi connectivity index (χ3v) is 5.77. The molecule has 1 saturated heterocycles. The summed E-state index contributed by atoms with van der Waals surface area (Å²) in [6.07, 6.45) is 0.535. The van der Waals surface area contributed by atoms with Gasteiger partial charge in [-0.3, -0.25) is 14.5 Å². The van der Waals surface area contributed by atoms with Crippen molar-refractivity contribution < 1.29 is 22.7 Å². The van der Waals surface area contributed by atoms with Gasteiger partial charge in [0.25, 0.3) is 0 Å². The smallest absolute Gasteiger partial charge is 0.238 e. The van der Waals surface area contributed by atoms with Crippen molar-refractivity contribution >= 4 is 33.0 Å². The molecule has 1 fully saturated rings. The van der Waals surface area contributed by atoms with Crippen molar-refractivity contribution in [1.82, 2.24) is 4.90 Å². The fourth-order valence-corrected chi connectivity index (χ4v) is 4.56. The van der Waals surface area contributed by atoms with Crippen LogP contribution in [-0.4, -0.2) is 63.4 Å². The zero-order valence-corrected chi connectivity index (χ0v) is 15.4. The first-order chi connectivity index (χ1) is 11.7. The Bertz CT molecular complexity index is 763. The lowest BCUT2D eigenvalue weighted by molar-refractivity contribution is -0.117. The maximum Gasteiger partial charge on any atom is 0.238 e. The first kappa shape index (κ1) is 19.2. The van der Waals surface area contributed by atoms with E-state index < -0.39 is 9.84 Å². The number of amides is 2. The van der Waals surface area contributed by atoms with Crippen LogP contribution in [0.2, 0.25) is 0 Å². The summed E-state index contributed by atoms with van der Waals surface area (Å²) in [4.78, 5) is 25.2. The standard InChI is InChI=1S/C16H23N3O5S/c1-11(20)17-12-4-5-15(24-3)14(8-12)18-16(21)9-19(2)13-6-7-25(22,23)10-13/h4-5,8,13H,6-7,9-10H2,1-3H3,(H,17,20)(H,18,21)/t13-/m0/s1. The summed E-state index contributed by atoms with van der Waals surface area (Å²) in [5.74, 6) is 0.206. The Morgan fingerprint density at radius 1 is 1.32 bits per heavy atom. The minimum absolute atomic E-state index is 0.0632. The van der Waals surface area contributed by atoms with Crippen LogP contribution in [-0.2, 0) is 19.4 Å². The van der Waals surface area contributed by atoms with Gasteiger partial charge in [-0.2, -0.15) is 0 Å². The van der Waals surface area contributed by atoms with Crippen LogP contribution in [0.3, 0.4) is 0 Å². The van der Waals surface area contributed by atoms with Gasteiger partial charge >= 0.3 is 0 Å². The molecule has 1 atom stereocenters. The molecule has 1 aliphatic rings. The van der Waals surface area contributed by atoms with E-state index in [1.807, 2.05) is 0 Å².